The van der Waals surface area contributed by atoms with E-state index in [9.17, 15) is 8.42 Å². The molecule has 1 aromatic heterocycles. The third-order valence-electron chi connectivity index (χ3n) is 3.60. The lowest BCUT2D eigenvalue weighted by molar-refractivity contribution is 0.333. The van der Waals surface area contributed by atoms with Crippen LogP contribution in [0.3, 0.4) is 0 Å². The molecule has 1 aliphatic rings. The van der Waals surface area contributed by atoms with Crippen molar-refractivity contribution in [1.82, 2.24) is 4.72 Å². The lowest BCUT2D eigenvalue weighted by Crippen LogP contribution is -2.33. The Hall–Kier alpha value is -0.850. The largest absolute Gasteiger partial charge is 0.447 e. The number of nitrogens with two attached hydrogens (primary N) is 1. The first-order valence-electron chi connectivity index (χ1n) is 6.24. The van der Waals surface area contributed by atoms with Crippen LogP contribution in [0, 0.1) is 5.41 Å². The van der Waals surface area contributed by atoms with Crippen LogP contribution in [-0.2, 0) is 16.6 Å². The Bertz CT molecular complexity index is 501. The summed E-state index contributed by atoms with van der Waals surface area (Å²) in [6.45, 7) is 2.79. The molecule has 0 radical (unpaired) electrons. The van der Waals surface area contributed by atoms with Crippen LogP contribution in [0.4, 0.5) is 0 Å². The van der Waals surface area contributed by atoms with E-state index in [1.165, 1.54) is 18.9 Å². The Morgan fingerprint density at radius 2 is 2.06 bits per heavy atom. The third kappa shape index (κ3) is 2.93. The molecule has 1 aliphatic carbocycles. The molecule has 0 atom stereocenters. The van der Waals surface area contributed by atoms with Crippen molar-refractivity contribution in [3.05, 3.63) is 17.9 Å². The molecule has 3 N–H and O–H groups in total. The third-order valence-corrected chi connectivity index (χ3v) is 4.88. The van der Waals surface area contributed by atoms with Gasteiger partial charge in [0.2, 0.25) is 5.09 Å². The van der Waals surface area contributed by atoms with Gasteiger partial charge in [-0.05, 0) is 30.4 Å². The number of sulfonamides is 1. The average Bonchev–Trinajstić information content (AvgIpc) is 2.96. The van der Waals surface area contributed by atoms with Crippen molar-refractivity contribution < 1.29 is 12.8 Å². The van der Waals surface area contributed by atoms with Crippen LogP contribution < -0.4 is 10.5 Å². The summed E-state index contributed by atoms with van der Waals surface area (Å²) in [6.07, 6.45) is 4.50. The molecule has 18 heavy (non-hydrogen) atoms. The smallest absolute Gasteiger partial charge is 0.273 e. The molecule has 102 valence electrons. The zero-order chi connectivity index (χ0) is 13.2. The minimum Gasteiger partial charge on any atom is -0.447 e. The Labute approximate surface area is 108 Å². The average molecular weight is 272 g/mol. The van der Waals surface area contributed by atoms with E-state index in [2.05, 4.69) is 11.6 Å². The maximum atomic E-state index is 12.0. The summed E-state index contributed by atoms with van der Waals surface area (Å²) in [6, 6.07) is 3.04. The van der Waals surface area contributed by atoms with E-state index < -0.39 is 10.0 Å². The predicted molar refractivity (Wildman–Crippen MR) is 68.4 cm³/mol. The normalized spacial score (nSPS) is 19.2. The molecule has 0 unspecified atom stereocenters. The molecule has 1 aromatic rings. The standard InChI is InChI=1S/C12H20N2O3S/c1-12(6-2-3-7-12)9-14-18(15,16)11-5-4-10(8-13)17-11/h4-5,14H,2-3,6-9,13H2,1H3. The summed E-state index contributed by atoms with van der Waals surface area (Å²) < 4.78 is 31.8. The Morgan fingerprint density at radius 3 is 2.61 bits per heavy atom. The molecule has 5 nitrogen and oxygen atoms in total. The fourth-order valence-electron chi connectivity index (χ4n) is 2.36. The molecular weight excluding hydrogens is 252 g/mol. The number of furan rings is 1. The van der Waals surface area contributed by atoms with Gasteiger partial charge in [0.15, 0.2) is 0 Å². The highest BCUT2D eigenvalue weighted by molar-refractivity contribution is 7.89. The molecule has 1 heterocycles. The van der Waals surface area contributed by atoms with Gasteiger partial charge in [0.1, 0.15) is 5.76 Å². The molecule has 6 heteroatoms. The molecule has 0 aromatic carbocycles. The van der Waals surface area contributed by atoms with Crippen molar-refractivity contribution in [2.75, 3.05) is 6.54 Å². The van der Waals surface area contributed by atoms with E-state index in [0.29, 0.717) is 12.3 Å². The maximum Gasteiger partial charge on any atom is 0.273 e. The highest BCUT2D eigenvalue weighted by Crippen LogP contribution is 2.37. The van der Waals surface area contributed by atoms with Crippen LogP contribution in [0.1, 0.15) is 38.4 Å². The summed E-state index contributed by atoms with van der Waals surface area (Å²) in [5.41, 5.74) is 5.47. The van der Waals surface area contributed by atoms with Crippen molar-refractivity contribution in [1.29, 1.82) is 0 Å². The molecule has 0 bridgehead atoms. The van der Waals surface area contributed by atoms with Crippen molar-refractivity contribution in [2.45, 2.75) is 44.2 Å². The van der Waals surface area contributed by atoms with E-state index >= 15 is 0 Å². The highest BCUT2D eigenvalue weighted by atomic mass is 32.2. The first-order chi connectivity index (χ1) is 8.45. The van der Waals surface area contributed by atoms with Crippen LogP contribution in [0.25, 0.3) is 0 Å². The zero-order valence-electron chi connectivity index (χ0n) is 10.6. The van der Waals surface area contributed by atoms with Gasteiger partial charge in [0.25, 0.3) is 10.0 Å². The van der Waals surface area contributed by atoms with E-state index in [0.717, 1.165) is 12.8 Å². The summed E-state index contributed by atoms with van der Waals surface area (Å²) in [5.74, 6) is 0.474. The summed E-state index contributed by atoms with van der Waals surface area (Å²) >= 11 is 0. The van der Waals surface area contributed by atoms with Crippen LogP contribution in [-0.4, -0.2) is 15.0 Å². The van der Waals surface area contributed by atoms with Crippen molar-refractivity contribution >= 4 is 10.0 Å². The summed E-state index contributed by atoms with van der Waals surface area (Å²) in [7, 11) is -3.55. The van der Waals surface area contributed by atoms with Gasteiger partial charge in [-0.2, -0.15) is 0 Å². The predicted octanol–water partition coefficient (Wildman–Crippen LogP) is 1.60. The maximum absolute atomic E-state index is 12.0. The summed E-state index contributed by atoms with van der Waals surface area (Å²) in [5, 5.41) is -0.0513. The SMILES string of the molecule is CC1(CNS(=O)(=O)c2ccc(CN)o2)CCCC1. The second-order valence-corrected chi connectivity index (χ2v) is 6.97. The van der Waals surface area contributed by atoms with Crippen LogP contribution >= 0.6 is 0 Å². The topological polar surface area (TPSA) is 85.3 Å². The number of hydrogen-bond acceptors (Lipinski definition) is 4. The number of hydrogen-bond donors (Lipinski definition) is 2. The minimum atomic E-state index is -3.55. The van der Waals surface area contributed by atoms with Gasteiger partial charge in [-0.25, -0.2) is 13.1 Å². The lowest BCUT2D eigenvalue weighted by atomic mass is 9.89. The molecule has 0 amide bonds. The zero-order valence-corrected chi connectivity index (χ0v) is 11.4. The van der Waals surface area contributed by atoms with Gasteiger partial charge >= 0.3 is 0 Å². The molecule has 0 saturated heterocycles. The van der Waals surface area contributed by atoms with Gasteiger partial charge in [0, 0.05) is 6.54 Å². The monoisotopic (exact) mass is 272 g/mol. The van der Waals surface area contributed by atoms with Crippen molar-refractivity contribution in [3.63, 3.8) is 0 Å². The number of nitrogens with one attached hydrogen (secondary N) is 1. The molecule has 2 rings (SSSR count). The van der Waals surface area contributed by atoms with Crippen LogP contribution in [0.2, 0.25) is 0 Å². The van der Waals surface area contributed by atoms with Gasteiger partial charge < -0.3 is 10.2 Å². The van der Waals surface area contributed by atoms with Crippen molar-refractivity contribution in [3.8, 4) is 0 Å². The Balaban J connectivity index is 2.03. The number of rotatable bonds is 5. The van der Waals surface area contributed by atoms with E-state index in [1.54, 1.807) is 6.07 Å². The quantitative estimate of drug-likeness (QED) is 0.852. The van der Waals surface area contributed by atoms with Gasteiger partial charge in [-0.3, -0.25) is 0 Å². The van der Waals surface area contributed by atoms with Gasteiger partial charge in [0.05, 0.1) is 6.54 Å². The molecule has 0 spiro atoms. The summed E-state index contributed by atoms with van der Waals surface area (Å²) in [4.78, 5) is 0. The fourth-order valence-corrected chi connectivity index (χ4v) is 3.50. The second-order valence-electron chi connectivity index (χ2n) is 5.27. The molecule has 0 aliphatic heterocycles. The van der Waals surface area contributed by atoms with E-state index in [1.807, 2.05) is 0 Å². The van der Waals surface area contributed by atoms with Gasteiger partial charge in [-0.15, -0.1) is 0 Å². The fraction of sp³-hybridized carbons (Fsp3) is 0.667. The first-order valence-corrected chi connectivity index (χ1v) is 7.72. The first kappa shape index (κ1) is 13.6. The molecule has 1 fully saturated rings. The molecular formula is C12H20N2O3S. The molecule has 1 saturated carbocycles. The van der Waals surface area contributed by atoms with Gasteiger partial charge in [-0.1, -0.05) is 19.8 Å². The lowest BCUT2D eigenvalue weighted by Gasteiger charge is -2.23. The van der Waals surface area contributed by atoms with E-state index in [4.69, 9.17) is 10.2 Å². The Morgan fingerprint density at radius 1 is 1.39 bits per heavy atom. The minimum absolute atomic E-state index is 0.0513. The Kier molecular flexibility index (Phi) is 3.79. The van der Waals surface area contributed by atoms with Crippen molar-refractivity contribution in [2.24, 2.45) is 11.1 Å². The van der Waals surface area contributed by atoms with Crippen LogP contribution in [0.5, 0.6) is 0 Å². The second kappa shape index (κ2) is 5.03. The van der Waals surface area contributed by atoms with Crippen LogP contribution in [0.15, 0.2) is 21.6 Å². The highest BCUT2D eigenvalue weighted by Gasteiger charge is 2.31. The van der Waals surface area contributed by atoms with E-state index in [-0.39, 0.29) is 17.1 Å².